The maximum atomic E-state index is 13.0. The van der Waals surface area contributed by atoms with E-state index in [9.17, 15) is 41.0 Å². The molecule has 0 bridgehead atoms. The van der Waals surface area contributed by atoms with Gasteiger partial charge in [0.05, 0.1) is 0 Å². The van der Waals surface area contributed by atoms with Gasteiger partial charge in [-0.25, -0.2) is 0 Å². The van der Waals surface area contributed by atoms with Crippen LogP contribution in [-0.4, -0.2) is 47.2 Å². The number of esters is 2. The Morgan fingerprint density at radius 3 is 2.15 bits per heavy atom. The van der Waals surface area contributed by atoms with Crippen LogP contribution in [-0.2, 0) is 19.1 Å². The Morgan fingerprint density at radius 2 is 1.63 bits per heavy atom. The minimum absolute atomic E-state index is 0.109. The molecule has 0 aliphatic heterocycles. The molecule has 228 valence electrons. The van der Waals surface area contributed by atoms with Crippen molar-refractivity contribution >= 4 is 11.9 Å². The number of alkyl halides is 6. The predicted octanol–water partition coefficient (Wildman–Crippen LogP) is 6.91. The van der Waals surface area contributed by atoms with Crippen LogP contribution in [0.15, 0.2) is 34.9 Å². The van der Waals surface area contributed by atoms with Crippen molar-refractivity contribution in [1.82, 2.24) is 0 Å². The third kappa shape index (κ3) is 7.37. The second-order valence-corrected chi connectivity index (χ2v) is 11.5. The third-order valence-electron chi connectivity index (χ3n) is 8.34. The fourth-order valence-electron chi connectivity index (χ4n) is 6.50. The molecule has 5 nitrogen and oxygen atoms in total. The maximum Gasteiger partial charge on any atom is 0.438 e. The molecule has 2 saturated carbocycles. The molecule has 0 radical (unpaired) electrons. The average molecular weight is 591 g/mol. The van der Waals surface area contributed by atoms with E-state index in [4.69, 9.17) is 9.47 Å². The standard InChI is InChI=1S/C30H36F6O5/c1-18(7-5-14-28(39,29(31,32)33)30(34,35)36)25-11-12-26-22(8-6-13-27(25,26)4)10-9-21-15-23(40-19(2)37)17-24(16-21)41-20(3)38/h9-11,18,23-24,26,39H,6-8,12-13,15-17H2,1-4H3/b21-9-,22-10+/t18?,23?,24-,26?,27-/m1/s1. The first kappa shape index (κ1) is 32.8. The van der Waals surface area contributed by atoms with E-state index in [2.05, 4.69) is 6.92 Å². The molecule has 11 heteroatoms. The summed E-state index contributed by atoms with van der Waals surface area (Å²) in [5, 5.41) is 9.32. The Kier molecular flexibility index (Phi) is 9.78. The number of carbonyl (C=O) groups is 2. The van der Waals surface area contributed by atoms with Crippen LogP contribution in [0.25, 0.3) is 0 Å². The van der Waals surface area contributed by atoms with Crippen LogP contribution in [0.5, 0.6) is 0 Å². The maximum absolute atomic E-state index is 13.0. The van der Waals surface area contributed by atoms with Crippen LogP contribution in [0, 0.1) is 29.1 Å². The van der Waals surface area contributed by atoms with Crippen molar-refractivity contribution < 1.29 is 50.5 Å². The molecule has 5 atom stereocenters. The van der Waals surface area contributed by atoms with Gasteiger partial charge < -0.3 is 14.6 Å². The number of aliphatic hydroxyl groups is 1. The first-order chi connectivity index (χ1) is 18.9. The lowest BCUT2D eigenvalue weighted by atomic mass is 9.62. The first-order valence-corrected chi connectivity index (χ1v) is 13.7. The largest absolute Gasteiger partial charge is 0.462 e. The van der Waals surface area contributed by atoms with Gasteiger partial charge in [0.15, 0.2) is 0 Å². The van der Waals surface area contributed by atoms with Gasteiger partial charge in [-0.05, 0) is 48.9 Å². The Hall–Kier alpha value is -2.74. The average Bonchev–Trinajstić information content (AvgIpc) is 3.17. The van der Waals surface area contributed by atoms with Crippen molar-refractivity contribution in [2.24, 2.45) is 17.3 Å². The van der Waals surface area contributed by atoms with Crippen LogP contribution in [0.4, 0.5) is 26.3 Å². The summed E-state index contributed by atoms with van der Waals surface area (Å²) in [5.41, 5.74) is -2.31. The lowest BCUT2D eigenvalue weighted by Crippen LogP contribution is -2.55. The molecule has 3 unspecified atom stereocenters. The summed E-state index contributed by atoms with van der Waals surface area (Å²) < 4.78 is 88.6. The second-order valence-electron chi connectivity index (χ2n) is 11.5. The SMILES string of the molecule is CC(=O)OC1C/C(=C/C=C2\CCC[C@]3(C)C(C(C)CC#CC(O)(C(F)(F)F)C(F)(F)F)=CCC23)C[C@@H](OC(C)=O)C1. The Bertz CT molecular complexity index is 1130. The van der Waals surface area contributed by atoms with Crippen LogP contribution < -0.4 is 0 Å². The van der Waals surface area contributed by atoms with Crippen LogP contribution in [0.2, 0.25) is 0 Å². The highest BCUT2D eigenvalue weighted by atomic mass is 19.4. The van der Waals surface area contributed by atoms with Crippen molar-refractivity contribution in [2.75, 3.05) is 0 Å². The highest BCUT2D eigenvalue weighted by Gasteiger charge is 2.70. The fraction of sp³-hybridized carbons (Fsp3) is 0.667. The van der Waals surface area contributed by atoms with Crippen molar-refractivity contribution in [1.29, 1.82) is 0 Å². The van der Waals surface area contributed by atoms with Crippen molar-refractivity contribution in [3.05, 3.63) is 34.9 Å². The molecule has 0 spiro atoms. The summed E-state index contributed by atoms with van der Waals surface area (Å²) in [6.45, 7) is 6.44. The zero-order valence-electron chi connectivity index (χ0n) is 23.5. The lowest BCUT2D eigenvalue weighted by Gasteiger charge is -2.42. The van der Waals surface area contributed by atoms with E-state index in [1.54, 1.807) is 6.92 Å². The quantitative estimate of drug-likeness (QED) is 0.163. The fourth-order valence-corrected chi connectivity index (χ4v) is 6.50. The highest BCUT2D eigenvalue weighted by Crippen LogP contribution is 2.57. The molecule has 0 aromatic rings. The van der Waals surface area contributed by atoms with Gasteiger partial charge in [0.1, 0.15) is 12.2 Å². The van der Waals surface area contributed by atoms with Crippen molar-refractivity contribution in [3.8, 4) is 11.8 Å². The van der Waals surface area contributed by atoms with Gasteiger partial charge in [-0.2, -0.15) is 26.3 Å². The molecular formula is C30H36F6O5. The van der Waals surface area contributed by atoms with E-state index in [1.807, 2.05) is 24.1 Å². The van der Waals surface area contributed by atoms with Gasteiger partial charge >= 0.3 is 29.9 Å². The number of hydrogen-bond donors (Lipinski definition) is 1. The molecule has 0 aromatic heterocycles. The number of fused-ring (bicyclic) bond motifs is 1. The molecule has 0 heterocycles. The molecule has 3 rings (SSSR count). The monoisotopic (exact) mass is 590 g/mol. The van der Waals surface area contributed by atoms with E-state index in [1.165, 1.54) is 19.4 Å². The normalized spacial score (nSPS) is 29.7. The zero-order chi connectivity index (χ0) is 30.8. The molecular weight excluding hydrogens is 554 g/mol. The topological polar surface area (TPSA) is 72.8 Å². The van der Waals surface area contributed by atoms with Gasteiger partial charge in [0.2, 0.25) is 0 Å². The Morgan fingerprint density at radius 1 is 1.07 bits per heavy atom. The zero-order valence-corrected chi connectivity index (χ0v) is 23.5. The molecule has 0 amide bonds. The molecule has 2 fully saturated rings. The minimum Gasteiger partial charge on any atom is -0.462 e. The van der Waals surface area contributed by atoms with Crippen molar-refractivity contribution in [2.45, 2.75) is 109 Å². The van der Waals surface area contributed by atoms with E-state index < -0.39 is 48.0 Å². The van der Waals surface area contributed by atoms with E-state index in [0.717, 1.165) is 36.3 Å². The number of ether oxygens (including phenoxy) is 2. The van der Waals surface area contributed by atoms with Gasteiger partial charge in [0.25, 0.3) is 0 Å². The van der Waals surface area contributed by atoms with Gasteiger partial charge in [-0.1, -0.05) is 54.7 Å². The third-order valence-corrected chi connectivity index (χ3v) is 8.34. The predicted molar refractivity (Wildman–Crippen MR) is 138 cm³/mol. The summed E-state index contributed by atoms with van der Waals surface area (Å²) >= 11 is 0. The smallest absolute Gasteiger partial charge is 0.438 e. The van der Waals surface area contributed by atoms with Crippen LogP contribution in [0.1, 0.15) is 79.1 Å². The van der Waals surface area contributed by atoms with E-state index in [-0.39, 0.29) is 17.8 Å². The number of rotatable bonds is 5. The van der Waals surface area contributed by atoms with E-state index >= 15 is 0 Å². The van der Waals surface area contributed by atoms with Crippen molar-refractivity contribution in [3.63, 3.8) is 0 Å². The summed E-state index contributed by atoms with van der Waals surface area (Å²) in [4.78, 5) is 23.0. The lowest BCUT2D eigenvalue weighted by molar-refractivity contribution is -0.343. The van der Waals surface area contributed by atoms with Crippen LogP contribution >= 0.6 is 0 Å². The summed E-state index contributed by atoms with van der Waals surface area (Å²) in [5.74, 6) is 1.90. The molecule has 3 aliphatic carbocycles. The molecule has 41 heavy (non-hydrogen) atoms. The molecule has 1 N–H and O–H groups in total. The first-order valence-electron chi connectivity index (χ1n) is 13.7. The van der Waals surface area contributed by atoms with Gasteiger partial charge in [0, 0.05) is 39.5 Å². The summed E-state index contributed by atoms with van der Waals surface area (Å²) in [6, 6.07) is 0. The number of allylic oxidation sites excluding steroid dienone is 5. The Labute approximate surface area is 236 Å². The minimum atomic E-state index is -5.97. The highest BCUT2D eigenvalue weighted by molar-refractivity contribution is 5.67. The van der Waals surface area contributed by atoms with Gasteiger partial charge in [-0.3, -0.25) is 9.59 Å². The Balaban J connectivity index is 1.77. The summed E-state index contributed by atoms with van der Waals surface area (Å²) in [7, 11) is 0. The number of carbonyl (C=O) groups excluding carboxylic acids is 2. The van der Waals surface area contributed by atoms with E-state index in [0.29, 0.717) is 25.7 Å². The summed E-state index contributed by atoms with van der Waals surface area (Å²) in [6.07, 6.45) is -2.33. The second kappa shape index (κ2) is 12.2. The number of halogens is 6. The molecule has 3 aliphatic rings. The van der Waals surface area contributed by atoms with Gasteiger partial charge in [-0.15, -0.1) is 0 Å². The van der Waals surface area contributed by atoms with Crippen LogP contribution in [0.3, 0.4) is 0 Å². The molecule has 0 aromatic carbocycles. The number of hydrogen-bond acceptors (Lipinski definition) is 5. The molecule has 0 saturated heterocycles.